The highest BCUT2D eigenvalue weighted by atomic mass is 32.2. The fourth-order valence-electron chi connectivity index (χ4n) is 2.55. The molecule has 0 saturated heterocycles. The molecule has 29 heavy (non-hydrogen) atoms. The molecule has 2 N–H and O–H groups in total. The lowest BCUT2D eigenvalue weighted by Gasteiger charge is -2.06. The highest BCUT2D eigenvalue weighted by molar-refractivity contribution is 7.91. The molecule has 0 aliphatic carbocycles. The zero-order valence-electron chi connectivity index (χ0n) is 15.6. The summed E-state index contributed by atoms with van der Waals surface area (Å²) in [7, 11) is -3.48. The molecule has 3 aromatic carbocycles. The molecule has 0 bridgehead atoms. The van der Waals surface area contributed by atoms with Crippen LogP contribution in [0.25, 0.3) is 0 Å². The third kappa shape index (κ3) is 5.05. The molecular formula is C21H19N3O4S. The highest BCUT2D eigenvalue weighted by Crippen LogP contribution is 2.27. The van der Waals surface area contributed by atoms with E-state index in [1.165, 1.54) is 25.1 Å². The van der Waals surface area contributed by atoms with E-state index < -0.39 is 15.8 Å². The zero-order valence-corrected chi connectivity index (χ0v) is 16.4. The fraction of sp³-hybridized carbons (Fsp3) is 0.0952. The Kier molecular flexibility index (Phi) is 6.04. The normalized spacial score (nSPS) is 11.5. The van der Waals surface area contributed by atoms with Crippen molar-refractivity contribution in [3.63, 3.8) is 0 Å². The summed E-state index contributed by atoms with van der Waals surface area (Å²) in [5.74, 6) is -1.30. The van der Waals surface area contributed by atoms with Crippen molar-refractivity contribution < 1.29 is 18.3 Å². The number of carboxylic acid groups (broad SMARTS) is 1. The van der Waals surface area contributed by atoms with Gasteiger partial charge in [-0.1, -0.05) is 25.1 Å². The van der Waals surface area contributed by atoms with Gasteiger partial charge in [0.1, 0.15) is 5.69 Å². The van der Waals surface area contributed by atoms with Gasteiger partial charge in [0.05, 0.1) is 21.9 Å². The Morgan fingerprint density at radius 3 is 2.21 bits per heavy atom. The van der Waals surface area contributed by atoms with Gasteiger partial charge in [-0.25, -0.2) is 13.2 Å². The molecule has 0 radical (unpaired) electrons. The largest absolute Gasteiger partial charge is 0.478 e. The predicted octanol–water partition coefficient (Wildman–Crippen LogP) is 5.34. The second-order valence-electron chi connectivity index (χ2n) is 6.13. The van der Waals surface area contributed by atoms with E-state index in [4.69, 9.17) is 0 Å². The molecular weight excluding hydrogens is 390 g/mol. The number of nitrogens with zero attached hydrogens (tertiary/aromatic N) is 2. The molecule has 0 heterocycles. The summed E-state index contributed by atoms with van der Waals surface area (Å²) in [5, 5.41) is 20.6. The third-order valence-electron chi connectivity index (χ3n) is 4.14. The van der Waals surface area contributed by atoms with E-state index in [0.29, 0.717) is 5.69 Å². The maximum atomic E-state index is 12.1. The van der Waals surface area contributed by atoms with Crippen molar-refractivity contribution in [2.45, 2.75) is 11.8 Å². The second-order valence-corrected chi connectivity index (χ2v) is 8.40. The molecule has 3 rings (SSSR count). The predicted molar refractivity (Wildman–Crippen MR) is 111 cm³/mol. The zero-order chi connectivity index (χ0) is 20.9. The molecule has 148 valence electrons. The fourth-order valence-corrected chi connectivity index (χ4v) is 3.45. The van der Waals surface area contributed by atoms with Gasteiger partial charge >= 0.3 is 5.97 Å². The van der Waals surface area contributed by atoms with Crippen molar-refractivity contribution in [2.75, 3.05) is 11.1 Å². The van der Waals surface area contributed by atoms with Crippen LogP contribution in [0.15, 0.2) is 87.9 Å². The van der Waals surface area contributed by atoms with Crippen LogP contribution in [0.1, 0.15) is 17.3 Å². The molecule has 8 heteroatoms. The van der Waals surface area contributed by atoms with Crippen LogP contribution in [0.4, 0.5) is 22.7 Å². The van der Waals surface area contributed by atoms with Crippen molar-refractivity contribution >= 4 is 38.6 Å². The van der Waals surface area contributed by atoms with Gasteiger partial charge in [-0.2, -0.15) is 5.11 Å². The lowest BCUT2D eigenvalue weighted by Crippen LogP contribution is -2.05. The topological polar surface area (TPSA) is 108 Å². The minimum absolute atomic E-state index is 0.0151. The standard InChI is InChI=1S/C21H19N3O4S/c1-2-29(27,28)18-12-13-19(21(25)26)20(14-18)24-23-17-10-8-16(9-11-17)22-15-6-4-3-5-7-15/h3-14,22H,2H2,1H3,(H,25,26). The van der Waals surface area contributed by atoms with Crippen molar-refractivity contribution in [3.05, 3.63) is 78.4 Å². The Balaban J connectivity index is 1.85. The Hall–Kier alpha value is -3.52. The molecule has 0 aromatic heterocycles. The van der Waals surface area contributed by atoms with E-state index in [2.05, 4.69) is 15.5 Å². The number of carboxylic acids is 1. The number of carbonyl (C=O) groups is 1. The van der Waals surface area contributed by atoms with Crippen LogP contribution >= 0.6 is 0 Å². The molecule has 0 spiro atoms. The minimum Gasteiger partial charge on any atom is -0.478 e. The van der Waals surface area contributed by atoms with Gasteiger partial charge in [0.2, 0.25) is 0 Å². The highest BCUT2D eigenvalue weighted by Gasteiger charge is 2.17. The van der Waals surface area contributed by atoms with E-state index in [1.54, 1.807) is 12.1 Å². The Labute approximate surface area is 168 Å². The molecule has 0 unspecified atom stereocenters. The number of para-hydroxylation sites is 1. The summed E-state index contributed by atoms with van der Waals surface area (Å²) in [5.41, 5.74) is 2.17. The molecule has 0 saturated carbocycles. The number of benzene rings is 3. The Morgan fingerprint density at radius 1 is 0.931 bits per heavy atom. The Morgan fingerprint density at radius 2 is 1.59 bits per heavy atom. The summed E-state index contributed by atoms with van der Waals surface area (Å²) in [6.45, 7) is 1.52. The van der Waals surface area contributed by atoms with E-state index in [0.717, 1.165) is 11.4 Å². The van der Waals surface area contributed by atoms with Crippen LogP contribution < -0.4 is 5.32 Å². The smallest absolute Gasteiger partial charge is 0.337 e. The van der Waals surface area contributed by atoms with Gasteiger partial charge < -0.3 is 10.4 Å². The van der Waals surface area contributed by atoms with Gasteiger partial charge in [0.25, 0.3) is 0 Å². The summed E-state index contributed by atoms with van der Waals surface area (Å²) in [4.78, 5) is 11.4. The molecule has 0 atom stereocenters. The van der Waals surface area contributed by atoms with Gasteiger partial charge in [0, 0.05) is 11.4 Å². The molecule has 0 amide bonds. The van der Waals surface area contributed by atoms with Crippen LogP contribution in [-0.4, -0.2) is 25.2 Å². The first-order valence-electron chi connectivity index (χ1n) is 8.83. The molecule has 0 fully saturated rings. The number of rotatable bonds is 7. The van der Waals surface area contributed by atoms with Crippen molar-refractivity contribution in [2.24, 2.45) is 10.2 Å². The summed E-state index contributed by atoms with van der Waals surface area (Å²) >= 11 is 0. The van der Waals surface area contributed by atoms with Crippen LogP contribution in [0.5, 0.6) is 0 Å². The van der Waals surface area contributed by atoms with E-state index in [1.807, 2.05) is 42.5 Å². The maximum absolute atomic E-state index is 12.1. The Bertz CT molecular complexity index is 1140. The van der Waals surface area contributed by atoms with Gasteiger partial charge in [-0.05, 0) is 54.6 Å². The minimum atomic E-state index is -3.48. The van der Waals surface area contributed by atoms with Gasteiger partial charge in [-0.15, -0.1) is 5.11 Å². The van der Waals surface area contributed by atoms with Crippen LogP contribution in [0, 0.1) is 0 Å². The van der Waals surface area contributed by atoms with Crippen molar-refractivity contribution in [1.82, 2.24) is 0 Å². The number of anilines is 2. The first-order valence-corrected chi connectivity index (χ1v) is 10.5. The van der Waals surface area contributed by atoms with Crippen LogP contribution in [-0.2, 0) is 9.84 Å². The first-order chi connectivity index (χ1) is 13.9. The monoisotopic (exact) mass is 409 g/mol. The summed E-state index contributed by atoms with van der Waals surface area (Å²) in [6, 6.07) is 20.5. The lowest BCUT2D eigenvalue weighted by atomic mass is 10.2. The van der Waals surface area contributed by atoms with E-state index in [-0.39, 0.29) is 21.9 Å². The molecule has 3 aromatic rings. The second kappa shape index (κ2) is 8.66. The van der Waals surface area contributed by atoms with Crippen molar-refractivity contribution in [1.29, 1.82) is 0 Å². The maximum Gasteiger partial charge on any atom is 0.337 e. The number of hydrogen-bond acceptors (Lipinski definition) is 6. The van der Waals surface area contributed by atoms with E-state index >= 15 is 0 Å². The SMILES string of the molecule is CCS(=O)(=O)c1ccc(C(=O)O)c(N=Nc2ccc(Nc3ccccc3)cc2)c1. The molecule has 0 aliphatic heterocycles. The number of aromatic carboxylic acids is 1. The van der Waals surface area contributed by atoms with Crippen LogP contribution in [0.3, 0.4) is 0 Å². The van der Waals surface area contributed by atoms with Gasteiger partial charge in [-0.3, -0.25) is 0 Å². The first kappa shape index (κ1) is 20.2. The summed E-state index contributed by atoms with van der Waals surface area (Å²) < 4.78 is 24.1. The molecule has 7 nitrogen and oxygen atoms in total. The van der Waals surface area contributed by atoms with Crippen LogP contribution in [0.2, 0.25) is 0 Å². The average Bonchev–Trinajstić information content (AvgIpc) is 2.73. The quantitative estimate of drug-likeness (QED) is 0.512. The number of hydrogen-bond donors (Lipinski definition) is 2. The van der Waals surface area contributed by atoms with Gasteiger partial charge in [0.15, 0.2) is 9.84 Å². The van der Waals surface area contributed by atoms with Crippen molar-refractivity contribution in [3.8, 4) is 0 Å². The molecule has 0 aliphatic rings. The third-order valence-corrected chi connectivity index (χ3v) is 5.87. The summed E-state index contributed by atoms with van der Waals surface area (Å²) in [6.07, 6.45) is 0. The van der Waals surface area contributed by atoms with E-state index in [9.17, 15) is 18.3 Å². The average molecular weight is 409 g/mol. The number of sulfone groups is 1. The number of azo groups is 1. The number of nitrogens with one attached hydrogen (secondary N) is 1. The lowest BCUT2D eigenvalue weighted by molar-refractivity contribution is 0.0697.